The highest BCUT2D eigenvalue weighted by molar-refractivity contribution is 7.90. The molecule has 1 amide bonds. The van der Waals surface area contributed by atoms with Crippen molar-refractivity contribution in [2.75, 3.05) is 6.26 Å². The van der Waals surface area contributed by atoms with Gasteiger partial charge in [-0.05, 0) is 36.2 Å². The van der Waals surface area contributed by atoms with Crippen LogP contribution in [-0.2, 0) is 21.1 Å². The maximum absolute atomic E-state index is 12.1. The first kappa shape index (κ1) is 17.5. The van der Waals surface area contributed by atoms with Crippen LogP contribution in [0, 0.1) is 0 Å². The molecule has 4 nitrogen and oxygen atoms in total. The predicted molar refractivity (Wildman–Crippen MR) is 91.3 cm³/mol. The van der Waals surface area contributed by atoms with Crippen molar-refractivity contribution in [1.82, 2.24) is 5.32 Å². The zero-order valence-electron chi connectivity index (χ0n) is 12.9. The normalized spacial score (nSPS) is 12.7. The summed E-state index contributed by atoms with van der Waals surface area (Å²) < 4.78 is 22.9. The van der Waals surface area contributed by atoms with Crippen molar-refractivity contribution in [3.63, 3.8) is 0 Å². The monoisotopic (exact) mass is 351 g/mol. The second-order valence-electron chi connectivity index (χ2n) is 5.40. The third kappa shape index (κ3) is 4.81. The molecule has 0 radical (unpaired) electrons. The van der Waals surface area contributed by atoms with E-state index in [9.17, 15) is 13.2 Å². The number of benzene rings is 2. The molecule has 0 saturated heterocycles. The summed E-state index contributed by atoms with van der Waals surface area (Å²) in [6, 6.07) is 13.5. The van der Waals surface area contributed by atoms with Crippen LogP contribution in [0.5, 0.6) is 0 Å². The molecule has 2 rings (SSSR count). The summed E-state index contributed by atoms with van der Waals surface area (Å²) in [5.74, 6) is -0.141. The van der Waals surface area contributed by atoms with Crippen molar-refractivity contribution >= 4 is 27.3 Å². The molecular weight excluding hydrogens is 334 g/mol. The molecule has 0 unspecified atom stereocenters. The van der Waals surface area contributed by atoms with E-state index in [1.54, 1.807) is 30.3 Å². The summed E-state index contributed by atoms with van der Waals surface area (Å²) >= 11 is 6.05. The smallest absolute Gasteiger partial charge is 0.224 e. The lowest BCUT2D eigenvalue weighted by Gasteiger charge is -2.15. The average molecular weight is 352 g/mol. The van der Waals surface area contributed by atoms with E-state index in [1.807, 2.05) is 25.1 Å². The molecule has 23 heavy (non-hydrogen) atoms. The van der Waals surface area contributed by atoms with Gasteiger partial charge in [0.1, 0.15) is 0 Å². The van der Waals surface area contributed by atoms with Gasteiger partial charge in [0.2, 0.25) is 5.91 Å². The van der Waals surface area contributed by atoms with E-state index in [0.29, 0.717) is 5.02 Å². The standard InChI is InChI=1S/C17H18ClNO3S/c1-12(13-7-9-15(10-8-13)23(2,21)22)19-17(20)11-14-5-3-4-6-16(14)18/h3-10,12H,11H2,1-2H3,(H,19,20)/t12-/m0/s1. The van der Waals surface area contributed by atoms with E-state index in [0.717, 1.165) is 17.4 Å². The zero-order valence-corrected chi connectivity index (χ0v) is 14.5. The van der Waals surface area contributed by atoms with Crippen LogP contribution in [0.3, 0.4) is 0 Å². The third-order valence-corrected chi connectivity index (χ3v) is 4.99. The minimum absolute atomic E-state index is 0.141. The van der Waals surface area contributed by atoms with Crippen molar-refractivity contribution in [2.45, 2.75) is 24.3 Å². The van der Waals surface area contributed by atoms with Crippen LogP contribution in [0.4, 0.5) is 0 Å². The van der Waals surface area contributed by atoms with Crippen LogP contribution < -0.4 is 5.32 Å². The molecule has 2 aromatic rings. The van der Waals surface area contributed by atoms with Gasteiger partial charge in [-0.3, -0.25) is 4.79 Å². The lowest BCUT2D eigenvalue weighted by molar-refractivity contribution is -0.121. The number of halogens is 1. The maximum atomic E-state index is 12.1. The minimum atomic E-state index is -3.22. The molecule has 122 valence electrons. The van der Waals surface area contributed by atoms with E-state index in [4.69, 9.17) is 11.6 Å². The van der Waals surface area contributed by atoms with Crippen LogP contribution in [0.2, 0.25) is 5.02 Å². The van der Waals surface area contributed by atoms with Gasteiger partial charge in [0, 0.05) is 11.3 Å². The van der Waals surface area contributed by atoms with E-state index in [1.165, 1.54) is 0 Å². The summed E-state index contributed by atoms with van der Waals surface area (Å²) in [7, 11) is -3.22. The molecule has 0 heterocycles. The SMILES string of the molecule is C[C@H](NC(=O)Cc1ccccc1Cl)c1ccc(S(C)(=O)=O)cc1. The summed E-state index contributed by atoms with van der Waals surface area (Å²) in [6.07, 6.45) is 1.36. The van der Waals surface area contributed by atoms with Gasteiger partial charge in [0.25, 0.3) is 0 Å². The topological polar surface area (TPSA) is 63.2 Å². The van der Waals surface area contributed by atoms with E-state index in [2.05, 4.69) is 5.32 Å². The van der Waals surface area contributed by atoms with Crippen molar-refractivity contribution < 1.29 is 13.2 Å². The molecule has 0 aliphatic carbocycles. The number of carbonyl (C=O) groups is 1. The molecule has 1 atom stereocenters. The van der Waals surface area contributed by atoms with Crippen LogP contribution in [0.15, 0.2) is 53.4 Å². The summed E-state index contributed by atoms with van der Waals surface area (Å²) in [4.78, 5) is 12.4. The Labute approximate surface area is 141 Å². The van der Waals surface area contributed by atoms with Gasteiger partial charge in [-0.2, -0.15) is 0 Å². The second kappa shape index (κ2) is 7.15. The Hall–Kier alpha value is -1.85. The fourth-order valence-electron chi connectivity index (χ4n) is 2.19. The Bertz CT molecular complexity index is 801. The van der Waals surface area contributed by atoms with Crippen molar-refractivity contribution in [3.05, 3.63) is 64.7 Å². The van der Waals surface area contributed by atoms with Gasteiger partial charge in [0.15, 0.2) is 9.84 Å². The third-order valence-electron chi connectivity index (χ3n) is 3.49. The highest BCUT2D eigenvalue weighted by atomic mass is 35.5. The summed E-state index contributed by atoms with van der Waals surface area (Å²) in [5, 5.41) is 3.45. The van der Waals surface area contributed by atoms with Crippen molar-refractivity contribution in [1.29, 1.82) is 0 Å². The van der Waals surface area contributed by atoms with Crippen LogP contribution in [0.25, 0.3) is 0 Å². The molecule has 0 aliphatic heterocycles. The Morgan fingerprint density at radius 3 is 2.30 bits per heavy atom. The Kier molecular flexibility index (Phi) is 5.44. The number of amides is 1. The van der Waals surface area contributed by atoms with Gasteiger partial charge in [-0.1, -0.05) is 41.9 Å². The van der Waals surface area contributed by atoms with E-state index < -0.39 is 9.84 Å². The molecule has 6 heteroatoms. The first-order valence-corrected chi connectivity index (χ1v) is 9.37. The van der Waals surface area contributed by atoms with Gasteiger partial charge < -0.3 is 5.32 Å². The zero-order chi connectivity index (χ0) is 17.0. The molecular formula is C17H18ClNO3S. The predicted octanol–water partition coefficient (Wildman–Crippen LogP) is 3.16. The lowest BCUT2D eigenvalue weighted by atomic mass is 10.1. The van der Waals surface area contributed by atoms with E-state index >= 15 is 0 Å². The molecule has 0 saturated carbocycles. The summed E-state index contributed by atoms with van der Waals surface area (Å²) in [6.45, 7) is 1.85. The van der Waals surface area contributed by atoms with Crippen molar-refractivity contribution in [2.24, 2.45) is 0 Å². The first-order chi connectivity index (χ1) is 10.8. The Morgan fingerprint density at radius 1 is 1.13 bits per heavy atom. The van der Waals surface area contributed by atoms with Gasteiger partial charge in [-0.15, -0.1) is 0 Å². The van der Waals surface area contributed by atoms with Crippen LogP contribution >= 0.6 is 11.6 Å². The summed E-state index contributed by atoms with van der Waals surface area (Å²) in [5.41, 5.74) is 1.61. The molecule has 0 bridgehead atoms. The molecule has 1 N–H and O–H groups in total. The van der Waals surface area contributed by atoms with Crippen molar-refractivity contribution in [3.8, 4) is 0 Å². The average Bonchev–Trinajstić information content (AvgIpc) is 2.49. The lowest BCUT2D eigenvalue weighted by Crippen LogP contribution is -2.28. The van der Waals surface area contributed by atoms with Crippen LogP contribution in [-0.4, -0.2) is 20.6 Å². The molecule has 0 spiro atoms. The quantitative estimate of drug-likeness (QED) is 0.899. The highest BCUT2D eigenvalue weighted by Crippen LogP contribution is 2.18. The number of hydrogen-bond acceptors (Lipinski definition) is 3. The minimum Gasteiger partial charge on any atom is -0.349 e. The first-order valence-electron chi connectivity index (χ1n) is 7.10. The maximum Gasteiger partial charge on any atom is 0.224 e. The molecule has 2 aromatic carbocycles. The number of sulfone groups is 1. The number of nitrogens with one attached hydrogen (secondary N) is 1. The number of hydrogen-bond donors (Lipinski definition) is 1. The highest BCUT2D eigenvalue weighted by Gasteiger charge is 2.13. The molecule has 0 fully saturated rings. The fraction of sp³-hybridized carbons (Fsp3) is 0.235. The number of rotatable bonds is 5. The Morgan fingerprint density at radius 2 is 1.74 bits per heavy atom. The van der Waals surface area contributed by atoms with Gasteiger partial charge in [0.05, 0.1) is 17.4 Å². The van der Waals surface area contributed by atoms with Gasteiger partial charge in [-0.25, -0.2) is 8.42 Å². The Balaban J connectivity index is 2.02. The second-order valence-corrected chi connectivity index (χ2v) is 7.82. The largest absolute Gasteiger partial charge is 0.349 e. The van der Waals surface area contributed by atoms with Crippen LogP contribution in [0.1, 0.15) is 24.1 Å². The van der Waals surface area contributed by atoms with E-state index in [-0.39, 0.29) is 23.3 Å². The van der Waals surface area contributed by atoms with Gasteiger partial charge >= 0.3 is 0 Å². The molecule has 0 aliphatic rings. The fourth-order valence-corrected chi connectivity index (χ4v) is 3.03. The number of carbonyl (C=O) groups excluding carboxylic acids is 1. The molecule has 0 aromatic heterocycles.